The molecule has 6 nitrogen and oxygen atoms in total. The van der Waals surface area contributed by atoms with E-state index in [1.165, 1.54) is 29.7 Å². The normalized spacial score (nSPS) is 26.9. The largest absolute Gasteiger partial charge is 0.375 e. The molecule has 1 aromatic heterocycles. The minimum atomic E-state index is 0.288. The van der Waals surface area contributed by atoms with Gasteiger partial charge in [-0.3, -0.25) is 9.88 Å². The molecule has 4 atom stereocenters. The standard InChI is InChI=1S/C30H35N5O/c1-21-19-34(29-9-8-25(17-31)30-28(29)3-2-11-33-30)20-26-16-24(10-13-35(21)26)23-6-4-22(5-7-23)15-27-18-32-12-14-36-27/h2-9,11,21,24,26-27,32H,10,12-16,18-20H2,1H3/t21-,24+,26+,27-/m1/s1. The lowest BCUT2D eigenvalue weighted by Crippen LogP contribution is -2.60. The van der Waals surface area contributed by atoms with E-state index in [0.29, 0.717) is 23.6 Å². The van der Waals surface area contributed by atoms with E-state index in [-0.39, 0.29) is 6.10 Å². The van der Waals surface area contributed by atoms with Crippen LogP contribution in [0.4, 0.5) is 5.69 Å². The van der Waals surface area contributed by atoms with Gasteiger partial charge in [0.25, 0.3) is 0 Å². The molecule has 186 valence electrons. The van der Waals surface area contributed by atoms with Crippen LogP contribution in [0.3, 0.4) is 0 Å². The molecule has 0 spiro atoms. The predicted octanol–water partition coefficient (Wildman–Crippen LogP) is 4.09. The number of morpholine rings is 1. The van der Waals surface area contributed by atoms with Crippen molar-refractivity contribution in [2.45, 2.75) is 50.3 Å². The molecular formula is C30H35N5O. The van der Waals surface area contributed by atoms with Gasteiger partial charge in [-0.15, -0.1) is 0 Å². The fraction of sp³-hybridized carbons (Fsp3) is 0.467. The second-order valence-electron chi connectivity index (χ2n) is 10.7. The molecule has 0 aliphatic carbocycles. The Morgan fingerprint density at radius 3 is 2.83 bits per heavy atom. The zero-order valence-electron chi connectivity index (χ0n) is 21.1. The summed E-state index contributed by atoms with van der Waals surface area (Å²) in [6.45, 7) is 8.26. The summed E-state index contributed by atoms with van der Waals surface area (Å²) in [5, 5.41) is 14.1. The summed E-state index contributed by atoms with van der Waals surface area (Å²) in [5.74, 6) is 0.597. The van der Waals surface area contributed by atoms with E-state index >= 15 is 0 Å². The number of nitrogens with zero attached hydrogens (tertiary/aromatic N) is 4. The summed E-state index contributed by atoms with van der Waals surface area (Å²) in [6.07, 6.45) is 5.45. The smallest absolute Gasteiger partial charge is 0.101 e. The maximum atomic E-state index is 9.55. The van der Waals surface area contributed by atoms with Crippen molar-refractivity contribution in [2.75, 3.05) is 44.2 Å². The van der Waals surface area contributed by atoms with Crippen LogP contribution in [0, 0.1) is 11.3 Å². The number of hydrogen-bond acceptors (Lipinski definition) is 6. The quantitative estimate of drug-likeness (QED) is 0.606. The summed E-state index contributed by atoms with van der Waals surface area (Å²) in [6, 6.07) is 20.8. The van der Waals surface area contributed by atoms with Gasteiger partial charge >= 0.3 is 0 Å². The third-order valence-electron chi connectivity index (χ3n) is 8.37. The van der Waals surface area contributed by atoms with Gasteiger partial charge < -0.3 is 15.0 Å². The van der Waals surface area contributed by atoms with Crippen LogP contribution in [0.25, 0.3) is 10.9 Å². The highest BCUT2D eigenvalue weighted by atomic mass is 16.5. The number of ether oxygens (including phenoxy) is 1. The summed E-state index contributed by atoms with van der Waals surface area (Å²) in [7, 11) is 0. The third kappa shape index (κ3) is 4.59. The molecule has 36 heavy (non-hydrogen) atoms. The van der Waals surface area contributed by atoms with Gasteiger partial charge in [-0.1, -0.05) is 24.3 Å². The third-order valence-corrected chi connectivity index (χ3v) is 8.37. The van der Waals surface area contributed by atoms with Gasteiger partial charge in [-0.05, 0) is 74.0 Å². The van der Waals surface area contributed by atoms with Gasteiger partial charge in [0.15, 0.2) is 0 Å². The monoisotopic (exact) mass is 481 g/mol. The first-order valence-electron chi connectivity index (χ1n) is 13.4. The number of nitrogens with one attached hydrogen (secondary N) is 1. The van der Waals surface area contributed by atoms with Crippen LogP contribution < -0.4 is 10.2 Å². The molecule has 1 N–H and O–H groups in total. The Balaban J connectivity index is 1.18. The van der Waals surface area contributed by atoms with E-state index in [4.69, 9.17) is 4.74 Å². The van der Waals surface area contributed by atoms with Crippen molar-refractivity contribution in [1.29, 1.82) is 5.26 Å². The van der Waals surface area contributed by atoms with E-state index in [9.17, 15) is 5.26 Å². The van der Waals surface area contributed by atoms with Crippen LogP contribution in [0.2, 0.25) is 0 Å². The van der Waals surface area contributed by atoms with Gasteiger partial charge in [0.05, 0.1) is 23.8 Å². The van der Waals surface area contributed by atoms with Gasteiger partial charge in [0.1, 0.15) is 6.07 Å². The Morgan fingerprint density at radius 2 is 2.03 bits per heavy atom. The second-order valence-corrected chi connectivity index (χ2v) is 10.7. The highest BCUT2D eigenvalue weighted by Crippen LogP contribution is 2.37. The fourth-order valence-corrected chi connectivity index (χ4v) is 6.54. The van der Waals surface area contributed by atoms with Crippen molar-refractivity contribution in [1.82, 2.24) is 15.2 Å². The topological polar surface area (TPSA) is 64.4 Å². The minimum absolute atomic E-state index is 0.288. The molecule has 0 saturated carbocycles. The number of pyridine rings is 1. The van der Waals surface area contributed by atoms with Crippen molar-refractivity contribution in [3.05, 3.63) is 71.4 Å². The molecule has 3 fully saturated rings. The van der Waals surface area contributed by atoms with E-state index < -0.39 is 0 Å². The molecular weight excluding hydrogens is 446 g/mol. The number of hydrogen-bond donors (Lipinski definition) is 1. The first kappa shape index (κ1) is 23.4. The van der Waals surface area contributed by atoms with Gasteiger partial charge in [-0.2, -0.15) is 5.26 Å². The molecule has 0 unspecified atom stereocenters. The number of aromatic nitrogens is 1. The first-order chi connectivity index (χ1) is 17.7. The summed E-state index contributed by atoms with van der Waals surface area (Å²) in [4.78, 5) is 9.78. The fourth-order valence-electron chi connectivity index (χ4n) is 6.54. The molecule has 3 aromatic rings. The molecule has 2 aromatic carbocycles. The average Bonchev–Trinajstić information content (AvgIpc) is 2.93. The molecule has 0 radical (unpaired) electrons. The Kier molecular flexibility index (Phi) is 6.62. The summed E-state index contributed by atoms with van der Waals surface area (Å²) >= 11 is 0. The summed E-state index contributed by atoms with van der Waals surface area (Å²) < 4.78 is 5.89. The van der Waals surface area contributed by atoms with E-state index in [1.54, 1.807) is 6.20 Å². The van der Waals surface area contributed by atoms with Crippen molar-refractivity contribution in [3.63, 3.8) is 0 Å². The van der Waals surface area contributed by atoms with Crippen LogP contribution in [-0.4, -0.2) is 67.4 Å². The lowest BCUT2D eigenvalue weighted by atomic mass is 9.83. The first-order valence-corrected chi connectivity index (χ1v) is 13.4. The van der Waals surface area contributed by atoms with E-state index in [0.717, 1.165) is 56.7 Å². The van der Waals surface area contributed by atoms with Crippen molar-refractivity contribution in [3.8, 4) is 6.07 Å². The molecule has 3 aliphatic heterocycles. The zero-order chi connectivity index (χ0) is 24.5. The Hall–Kier alpha value is -2.98. The minimum Gasteiger partial charge on any atom is -0.375 e. The number of nitriles is 1. The van der Waals surface area contributed by atoms with Crippen LogP contribution in [0.15, 0.2) is 54.7 Å². The lowest BCUT2D eigenvalue weighted by molar-refractivity contribution is 0.0292. The Morgan fingerprint density at radius 1 is 1.14 bits per heavy atom. The van der Waals surface area contributed by atoms with Gasteiger partial charge in [0, 0.05) is 55.5 Å². The van der Waals surface area contributed by atoms with E-state index in [2.05, 4.69) is 69.5 Å². The van der Waals surface area contributed by atoms with Gasteiger partial charge in [0.2, 0.25) is 0 Å². The van der Waals surface area contributed by atoms with Crippen molar-refractivity contribution < 1.29 is 4.74 Å². The molecule has 6 heteroatoms. The van der Waals surface area contributed by atoms with Crippen LogP contribution >= 0.6 is 0 Å². The summed E-state index contributed by atoms with van der Waals surface area (Å²) in [5.41, 5.74) is 5.49. The predicted molar refractivity (Wildman–Crippen MR) is 143 cm³/mol. The molecule has 6 rings (SSSR count). The van der Waals surface area contributed by atoms with E-state index in [1.807, 2.05) is 12.1 Å². The molecule has 0 amide bonds. The Bertz CT molecular complexity index is 1250. The molecule has 3 saturated heterocycles. The van der Waals surface area contributed by atoms with Crippen molar-refractivity contribution in [2.24, 2.45) is 0 Å². The number of anilines is 1. The van der Waals surface area contributed by atoms with Crippen LogP contribution in [0.1, 0.15) is 42.4 Å². The van der Waals surface area contributed by atoms with Crippen LogP contribution in [-0.2, 0) is 11.2 Å². The maximum Gasteiger partial charge on any atom is 0.101 e. The Labute approximate surface area is 213 Å². The molecule has 3 aliphatic rings. The second kappa shape index (κ2) is 10.2. The number of benzene rings is 2. The number of rotatable bonds is 4. The number of piperidine rings is 1. The highest BCUT2D eigenvalue weighted by Gasteiger charge is 2.37. The number of piperazine rings is 1. The SMILES string of the molecule is C[C@@H]1CN(c2ccc(C#N)c3ncccc23)C[C@@H]2C[C@@H](c3ccc(C[C@@H]4CNCCO4)cc3)CCN21. The zero-order valence-corrected chi connectivity index (χ0v) is 21.1. The molecule has 0 bridgehead atoms. The van der Waals surface area contributed by atoms with Crippen LogP contribution in [0.5, 0.6) is 0 Å². The maximum absolute atomic E-state index is 9.55. The highest BCUT2D eigenvalue weighted by molar-refractivity contribution is 5.95. The van der Waals surface area contributed by atoms with Gasteiger partial charge in [-0.25, -0.2) is 0 Å². The van der Waals surface area contributed by atoms with Crippen molar-refractivity contribution >= 4 is 16.6 Å². The average molecular weight is 482 g/mol. The molecule has 4 heterocycles. The number of fused-ring (bicyclic) bond motifs is 2. The lowest BCUT2D eigenvalue weighted by Gasteiger charge is -2.50.